The van der Waals surface area contributed by atoms with Crippen LogP contribution in [0.5, 0.6) is 11.5 Å². The highest BCUT2D eigenvalue weighted by molar-refractivity contribution is 5.45. The van der Waals surface area contributed by atoms with E-state index in [2.05, 4.69) is 0 Å². The van der Waals surface area contributed by atoms with Gasteiger partial charge in [0.2, 0.25) is 0 Å². The van der Waals surface area contributed by atoms with E-state index in [1.165, 1.54) is 0 Å². The van der Waals surface area contributed by atoms with Gasteiger partial charge in [0.15, 0.2) is 0 Å². The van der Waals surface area contributed by atoms with Gasteiger partial charge in [0.25, 0.3) is 0 Å². The van der Waals surface area contributed by atoms with Crippen LogP contribution in [0.25, 0.3) is 0 Å². The fourth-order valence-electron chi connectivity index (χ4n) is 2.40. The Labute approximate surface area is 142 Å². The number of hydrogen-bond donors (Lipinski definition) is 0. The van der Waals surface area contributed by atoms with Gasteiger partial charge in [-0.3, -0.25) is 0 Å². The molecule has 2 rings (SSSR count). The highest BCUT2D eigenvalue weighted by atomic mass is 16.5. The van der Waals surface area contributed by atoms with Crippen LogP contribution in [-0.2, 0) is 12.8 Å². The van der Waals surface area contributed by atoms with Gasteiger partial charge < -0.3 is 9.47 Å². The molecule has 0 saturated carbocycles. The van der Waals surface area contributed by atoms with Crippen LogP contribution < -0.4 is 9.47 Å². The molecule has 0 radical (unpaired) electrons. The van der Waals surface area contributed by atoms with E-state index in [4.69, 9.17) is 9.47 Å². The van der Waals surface area contributed by atoms with Gasteiger partial charge in [-0.05, 0) is 53.8 Å². The van der Waals surface area contributed by atoms with Crippen LogP contribution in [0.4, 0.5) is 0 Å². The normalized spacial score (nSPS) is 9.50. The second-order valence-corrected chi connectivity index (χ2v) is 5.25. The fourth-order valence-corrected chi connectivity index (χ4v) is 2.40. The summed E-state index contributed by atoms with van der Waals surface area (Å²) in [6.45, 7) is 0. The van der Waals surface area contributed by atoms with Crippen LogP contribution in [0, 0.1) is 22.7 Å². The Morgan fingerprint density at radius 2 is 1.12 bits per heavy atom. The van der Waals surface area contributed by atoms with Gasteiger partial charge in [-0.15, -0.1) is 0 Å². The molecule has 120 valence electrons. The molecule has 0 heterocycles. The van der Waals surface area contributed by atoms with Crippen molar-refractivity contribution in [2.24, 2.45) is 0 Å². The number of hydrogen-bond acceptors (Lipinski definition) is 4. The molecule has 0 atom stereocenters. The summed E-state index contributed by atoms with van der Waals surface area (Å²) >= 11 is 0. The Balaban J connectivity index is 2.26. The van der Waals surface area contributed by atoms with Gasteiger partial charge in [0, 0.05) is 0 Å². The first kappa shape index (κ1) is 17.1. The molecule has 0 N–H and O–H groups in total. The smallest absolute Gasteiger partial charge is 0.129 e. The van der Waals surface area contributed by atoms with E-state index in [1.54, 1.807) is 14.2 Å². The summed E-state index contributed by atoms with van der Waals surface area (Å²) in [5, 5.41) is 18.5. The van der Waals surface area contributed by atoms with Crippen LogP contribution in [-0.4, -0.2) is 14.2 Å². The van der Waals surface area contributed by atoms with Gasteiger partial charge in [0.1, 0.15) is 29.2 Å². The second-order valence-electron chi connectivity index (χ2n) is 5.25. The zero-order valence-corrected chi connectivity index (χ0v) is 13.7. The molecule has 0 aliphatic rings. The van der Waals surface area contributed by atoms with Crippen molar-refractivity contribution in [3.8, 4) is 23.6 Å². The predicted molar refractivity (Wildman–Crippen MR) is 91.6 cm³/mol. The minimum absolute atomic E-state index is 0.168. The Bertz CT molecular complexity index is 724. The standard InChI is InChI=1S/C20H18N2O2/c1-23-19-7-3-15(4-8-19)11-17(18(13-21)14-22)12-16-5-9-20(24-2)10-6-16/h3-10H,11-12H2,1-2H3. The number of benzene rings is 2. The molecule has 0 spiro atoms. The third-order valence-corrected chi connectivity index (χ3v) is 3.73. The lowest BCUT2D eigenvalue weighted by atomic mass is 9.94. The maximum atomic E-state index is 9.25. The van der Waals surface area contributed by atoms with E-state index in [1.807, 2.05) is 60.7 Å². The maximum absolute atomic E-state index is 9.25. The first-order valence-corrected chi connectivity index (χ1v) is 7.48. The monoisotopic (exact) mass is 318 g/mol. The van der Waals surface area contributed by atoms with E-state index >= 15 is 0 Å². The molecular formula is C20H18N2O2. The van der Waals surface area contributed by atoms with Crippen molar-refractivity contribution in [1.29, 1.82) is 10.5 Å². The largest absolute Gasteiger partial charge is 0.497 e. The van der Waals surface area contributed by atoms with Crippen LogP contribution >= 0.6 is 0 Å². The Hall–Kier alpha value is -3.24. The number of nitrogens with zero attached hydrogens (tertiary/aromatic N) is 2. The summed E-state index contributed by atoms with van der Waals surface area (Å²) in [4.78, 5) is 0. The lowest BCUT2D eigenvalue weighted by Gasteiger charge is -2.10. The van der Waals surface area contributed by atoms with E-state index < -0.39 is 0 Å². The summed E-state index contributed by atoms with van der Waals surface area (Å²) in [7, 11) is 3.24. The van der Waals surface area contributed by atoms with E-state index in [-0.39, 0.29) is 5.57 Å². The quantitative estimate of drug-likeness (QED) is 0.759. The first-order valence-electron chi connectivity index (χ1n) is 7.48. The molecule has 0 amide bonds. The summed E-state index contributed by atoms with van der Waals surface area (Å²) in [5.74, 6) is 1.56. The van der Waals surface area contributed by atoms with Crippen LogP contribution in [0.1, 0.15) is 11.1 Å². The summed E-state index contributed by atoms with van der Waals surface area (Å²) in [5.41, 5.74) is 3.03. The van der Waals surface area contributed by atoms with Crippen molar-refractivity contribution < 1.29 is 9.47 Å². The molecule has 4 nitrogen and oxygen atoms in total. The Kier molecular flexibility index (Phi) is 6.00. The van der Waals surface area contributed by atoms with Crippen LogP contribution in [0.2, 0.25) is 0 Å². The zero-order chi connectivity index (χ0) is 17.4. The van der Waals surface area contributed by atoms with Crippen molar-refractivity contribution in [3.63, 3.8) is 0 Å². The highest BCUT2D eigenvalue weighted by Crippen LogP contribution is 2.21. The molecule has 0 fully saturated rings. The molecule has 0 saturated heterocycles. The summed E-state index contributed by atoms with van der Waals surface area (Å²) < 4.78 is 10.3. The Morgan fingerprint density at radius 1 is 0.750 bits per heavy atom. The minimum Gasteiger partial charge on any atom is -0.497 e. The predicted octanol–water partition coefficient (Wildman–Crippen LogP) is 3.83. The van der Waals surface area contributed by atoms with Gasteiger partial charge in [0.05, 0.1) is 14.2 Å². The maximum Gasteiger partial charge on any atom is 0.129 e. The van der Waals surface area contributed by atoms with Gasteiger partial charge in [-0.1, -0.05) is 24.3 Å². The van der Waals surface area contributed by atoms with Crippen molar-refractivity contribution in [1.82, 2.24) is 0 Å². The molecule has 4 heteroatoms. The van der Waals surface area contributed by atoms with Crippen LogP contribution in [0.15, 0.2) is 59.7 Å². The fraction of sp³-hybridized carbons (Fsp3) is 0.200. The highest BCUT2D eigenvalue weighted by Gasteiger charge is 2.09. The average Bonchev–Trinajstić information content (AvgIpc) is 2.64. The van der Waals surface area contributed by atoms with Gasteiger partial charge in [-0.2, -0.15) is 10.5 Å². The van der Waals surface area contributed by atoms with Crippen molar-refractivity contribution in [3.05, 3.63) is 70.8 Å². The summed E-state index contributed by atoms with van der Waals surface area (Å²) in [6, 6.07) is 19.3. The number of rotatable bonds is 6. The molecule has 0 aromatic heterocycles. The number of nitriles is 2. The van der Waals surface area contributed by atoms with Gasteiger partial charge in [-0.25, -0.2) is 0 Å². The topological polar surface area (TPSA) is 66.0 Å². The van der Waals surface area contributed by atoms with E-state index in [9.17, 15) is 10.5 Å². The summed E-state index contributed by atoms with van der Waals surface area (Å²) in [6.07, 6.45) is 1.10. The molecule has 2 aromatic carbocycles. The second kappa shape index (κ2) is 8.41. The van der Waals surface area contributed by atoms with Crippen molar-refractivity contribution in [2.45, 2.75) is 12.8 Å². The van der Waals surface area contributed by atoms with Crippen molar-refractivity contribution in [2.75, 3.05) is 14.2 Å². The number of ether oxygens (including phenoxy) is 2. The van der Waals surface area contributed by atoms with E-state index in [0.717, 1.165) is 28.2 Å². The molecule has 0 unspecified atom stereocenters. The number of methoxy groups -OCH3 is 2. The average molecular weight is 318 g/mol. The lowest BCUT2D eigenvalue weighted by Crippen LogP contribution is -2.00. The SMILES string of the molecule is COc1ccc(CC(Cc2ccc(OC)cc2)=C(C#N)C#N)cc1. The minimum atomic E-state index is 0.168. The number of allylic oxidation sites excluding steroid dienone is 2. The zero-order valence-electron chi connectivity index (χ0n) is 13.7. The van der Waals surface area contributed by atoms with E-state index in [0.29, 0.717) is 12.8 Å². The van der Waals surface area contributed by atoms with Crippen molar-refractivity contribution >= 4 is 0 Å². The molecule has 0 aliphatic heterocycles. The lowest BCUT2D eigenvalue weighted by molar-refractivity contribution is 0.414. The molecular weight excluding hydrogens is 300 g/mol. The third kappa shape index (κ3) is 4.38. The molecule has 0 aliphatic carbocycles. The molecule has 24 heavy (non-hydrogen) atoms. The molecule has 0 bridgehead atoms. The Morgan fingerprint density at radius 3 is 1.42 bits per heavy atom. The van der Waals surface area contributed by atoms with Gasteiger partial charge >= 0.3 is 0 Å². The molecule has 2 aromatic rings. The first-order chi connectivity index (χ1) is 11.7. The van der Waals surface area contributed by atoms with Crippen LogP contribution in [0.3, 0.4) is 0 Å². The third-order valence-electron chi connectivity index (χ3n) is 3.73.